The number of para-hydroxylation sites is 1. The minimum atomic E-state index is -0.742. The normalized spacial score (nSPS) is 11.3. The van der Waals surface area contributed by atoms with Gasteiger partial charge in [0.1, 0.15) is 18.0 Å². The molecule has 1 aromatic heterocycles. The number of nitrogens with one attached hydrogen (secondary N) is 1. The van der Waals surface area contributed by atoms with E-state index in [-0.39, 0.29) is 6.61 Å². The van der Waals surface area contributed by atoms with Gasteiger partial charge in [-0.3, -0.25) is 9.40 Å². The molecule has 8 heteroatoms. The molecule has 0 unspecified atom stereocenters. The Kier molecular flexibility index (Phi) is 6.24. The Hall–Kier alpha value is -2.84. The second kappa shape index (κ2) is 8.67. The van der Waals surface area contributed by atoms with Crippen molar-refractivity contribution in [3.8, 4) is 5.75 Å². The lowest BCUT2D eigenvalue weighted by molar-refractivity contribution is 0.0345. The molecule has 152 valence electrons. The lowest BCUT2D eigenvalue weighted by atomic mass is 10.2. The first kappa shape index (κ1) is 20.9. The highest BCUT2D eigenvalue weighted by Crippen LogP contribution is 2.26. The van der Waals surface area contributed by atoms with Crippen LogP contribution < -0.4 is 10.2 Å². The van der Waals surface area contributed by atoms with Crippen molar-refractivity contribution in [2.75, 3.05) is 0 Å². The molecule has 0 aliphatic carbocycles. The van der Waals surface area contributed by atoms with E-state index in [2.05, 4.69) is 21.4 Å². The number of hydroxylamine groups is 1. The topological polar surface area (TPSA) is 78.8 Å². The Balaban J connectivity index is 1.72. The van der Waals surface area contributed by atoms with Crippen molar-refractivity contribution in [2.24, 2.45) is 0 Å². The van der Waals surface area contributed by atoms with Crippen molar-refractivity contribution in [2.45, 2.75) is 33.0 Å². The van der Waals surface area contributed by atoms with Crippen molar-refractivity contribution >= 4 is 39.0 Å². The third-order valence-corrected chi connectivity index (χ3v) is 4.27. The van der Waals surface area contributed by atoms with E-state index in [1.54, 1.807) is 51.2 Å². The van der Waals surface area contributed by atoms with Gasteiger partial charge in [-0.1, -0.05) is 34.1 Å². The van der Waals surface area contributed by atoms with Crippen LogP contribution in [0.4, 0.5) is 9.59 Å². The van der Waals surface area contributed by atoms with E-state index in [4.69, 9.17) is 14.3 Å². The Morgan fingerprint density at radius 1 is 1.10 bits per heavy atom. The van der Waals surface area contributed by atoms with E-state index >= 15 is 0 Å². The fourth-order valence-corrected chi connectivity index (χ4v) is 3.00. The van der Waals surface area contributed by atoms with Crippen LogP contribution in [0, 0.1) is 0 Å². The number of amides is 1. The van der Waals surface area contributed by atoms with Crippen molar-refractivity contribution in [3.05, 3.63) is 64.8 Å². The van der Waals surface area contributed by atoms with Gasteiger partial charge in [0, 0.05) is 21.6 Å². The van der Waals surface area contributed by atoms with E-state index in [9.17, 15) is 9.59 Å². The third-order valence-electron chi connectivity index (χ3n) is 3.78. The van der Waals surface area contributed by atoms with Gasteiger partial charge in [0.25, 0.3) is 0 Å². The maximum absolute atomic E-state index is 12.6. The number of hydrogen-bond donors (Lipinski definition) is 1. The molecule has 29 heavy (non-hydrogen) atoms. The lowest BCUT2D eigenvalue weighted by Crippen LogP contribution is -2.27. The first-order valence-electron chi connectivity index (χ1n) is 8.90. The van der Waals surface area contributed by atoms with E-state index in [0.717, 1.165) is 9.86 Å². The summed E-state index contributed by atoms with van der Waals surface area (Å²) in [6.45, 7) is 5.45. The molecule has 1 heterocycles. The summed E-state index contributed by atoms with van der Waals surface area (Å²) in [6, 6.07) is 14.2. The molecule has 0 fully saturated rings. The maximum atomic E-state index is 12.6. The number of carbonyl (C=O) groups excluding carboxylic acids is 2. The second-order valence-corrected chi connectivity index (χ2v) is 8.18. The summed E-state index contributed by atoms with van der Waals surface area (Å²) in [4.78, 5) is 29.7. The largest absolute Gasteiger partial charge is 0.443 e. The van der Waals surface area contributed by atoms with Crippen LogP contribution in [0.3, 0.4) is 0 Å². The molecule has 0 aliphatic heterocycles. The van der Waals surface area contributed by atoms with Crippen molar-refractivity contribution in [1.82, 2.24) is 10.0 Å². The molecule has 3 aromatic rings. The van der Waals surface area contributed by atoms with Crippen molar-refractivity contribution in [3.63, 3.8) is 0 Å². The first-order chi connectivity index (χ1) is 13.7. The molecule has 0 spiro atoms. The number of carbonyl (C=O) groups is 2. The van der Waals surface area contributed by atoms with Crippen LogP contribution >= 0.6 is 15.9 Å². The van der Waals surface area contributed by atoms with Gasteiger partial charge >= 0.3 is 12.2 Å². The molecule has 0 saturated carbocycles. The molecule has 1 N–H and O–H groups in total. The van der Waals surface area contributed by atoms with Crippen LogP contribution in [0.25, 0.3) is 10.9 Å². The fourth-order valence-electron chi connectivity index (χ4n) is 2.64. The standard InChI is InChI=1S/C21H21BrN2O5/c1-21(2,3)29-20(26)24-12-14(17-11-15(22)9-10-18(17)24)13-27-23-19(25)28-16-7-5-4-6-8-16/h4-12H,13H2,1-3H3,(H,23,25). The zero-order chi connectivity index (χ0) is 21.0. The monoisotopic (exact) mass is 460 g/mol. The highest BCUT2D eigenvalue weighted by atomic mass is 79.9. The Morgan fingerprint density at radius 3 is 2.52 bits per heavy atom. The van der Waals surface area contributed by atoms with E-state index < -0.39 is 17.8 Å². The second-order valence-electron chi connectivity index (χ2n) is 7.26. The van der Waals surface area contributed by atoms with Gasteiger partial charge < -0.3 is 9.47 Å². The van der Waals surface area contributed by atoms with Gasteiger partial charge in [0.15, 0.2) is 0 Å². The molecule has 1 amide bonds. The minimum Gasteiger partial charge on any atom is -0.443 e. The summed E-state index contributed by atoms with van der Waals surface area (Å²) < 4.78 is 12.8. The fraction of sp³-hybridized carbons (Fsp3) is 0.238. The van der Waals surface area contributed by atoms with Gasteiger partial charge in [-0.05, 0) is 51.1 Å². The SMILES string of the molecule is CC(C)(C)OC(=O)n1cc(CONC(=O)Oc2ccccc2)c2cc(Br)ccc21. The number of hydrogen-bond acceptors (Lipinski definition) is 5. The maximum Gasteiger partial charge on any atom is 0.436 e. The summed E-state index contributed by atoms with van der Waals surface area (Å²) in [7, 11) is 0. The van der Waals surface area contributed by atoms with Crippen LogP contribution in [-0.2, 0) is 16.2 Å². The third kappa shape index (κ3) is 5.58. The van der Waals surface area contributed by atoms with Gasteiger partial charge in [-0.2, -0.15) is 5.48 Å². The number of fused-ring (bicyclic) bond motifs is 1. The van der Waals surface area contributed by atoms with Crippen LogP contribution in [0.2, 0.25) is 0 Å². The lowest BCUT2D eigenvalue weighted by Gasteiger charge is -2.19. The van der Waals surface area contributed by atoms with Gasteiger partial charge in [0.05, 0.1) is 5.52 Å². The molecule has 7 nitrogen and oxygen atoms in total. The summed E-state index contributed by atoms with van der Waals surface area (Å²) in [5.74, 6) is 0.402. The molecule has 0 aliphatic rings. The molecule has 0 bridgehead atoms. The van der Waals surface area contributed by atoms with Gasteiger partial charge in [-0.25, -0.2) is 9.59 Å². The van der Waals surface area contributed by atoms with E-state index in [1.165, 1.54) is 4.57 Å². The average Bonchev–Trinajstić information content (AvgIpc) is 2.99. The van der Waals surface area contributed by atoms with Crippen LogP contribution in [0.1, 0.15) is 26.3 Å². The van der Waals surface area contributed by atoms with Crippen molar-refractivity contribution in [1.29, 1.82) is 0 Å². The van der Waals surface area contributed by atoms with Gasteiger partial charge in [0.2, 0.25) is 0 Å². The molecule has 0 atom stereocenters. The molecule has 0 saturated heterocycles. The molecule has 3 rings (SSSR count). The number of nitrogens with zero attached hydrogens (tertiary/aromatic N) is 1. The molecular weight excluding hydrogens is 440 g/mol. The number of rotatable bonds is 4. The summed E-state index contributed by atoms with van der Waals surface area (Å²) >= 11 is 3.43. The van der Waals surface area contributed by atoms with Crippen molar-refractivity contribution < 1.29 is 23.9 Å². The van der Waals surface area contributed by atoms with Crippen LogP contribution in [0.15, 0.2) is 59.2 Å². The number of aromatic nitrogens is 1. The highest BCUT2D eigenvalue weighted by Gasteiger charge is 2.21. The average molecular weight is 461 g/mol. The predicted octanol–water partition coefficient (Wildman–Crippen LogP) is 5.41. The van der Waals surface area contributed by atoms with Crippen LogP contribution in [-0.4, -0.2) is 22.4 Å². The molecule has 0 radical (unpaired) electrons. The van der Waals surface area contributed by atoms with E-state index in [0.29, 0.717) is 16.8 Å². The zero-order valence-corrected chi connectivity index (χ0v) is 17.9. The number of benzene rings is 2. The smallest absolute Gasteiger partial charge is 0.436 e. The van der Waals surface area contributed by atoms with E-state index in [1.807, 2.05) is 24.3 Å². The summed E-state index contributed by atoms with van der Waals surface area (Å²) in [5.41, 5.74) is 2.99. The first-order valence-corrected chi connectivity index (χ1v) is 9.70. The number of ether oxygens (including phenoxy) is 2. The zero-order valence-electron chi connectivity index (χ0n) is 16.3. The number of halogens is 1. The molecular formula is C21H21BrN2O5. The summed E-state index contributed by atoms with van der Waals surface area (Å²) in [5, 5.41) is 0.795. The molecule has 2 aromatic carbocycles. The summed E-state index contributed by atoms with van der Waals surface area (Å²) in [6.07, 6.45) is 0.399. The van der Waals surface area contributed by atoms with Gasteiger partial charge in [-0.15, -0.1) is 0 Å². The Bertz CT molecular complexity index is 1020. The highest BCUT2D eigenvalue weighted by molar-refractivity contribution is 9.10. The Labute approximate surface area is 176 Å². The Morgan fingerprint density at radius 2 is 1.83 bits per heavy atom. The quantitative estimate of drug-likeness (QED) is 0.526. The van der Waals surface area contributed by atoms with Crippen LogP contribution in [0.5, 0.6) is 5.75 Å². The predicted molar refractivity (Wildman–Crippen MR) is 112 cm³/mol. The minimum absolute atomic E-state index is 0.0344.